The van der Waals surface area contributed by atoms with Crippen molar-refractivity contribution in [1.29, 1.82) is 0 Å². The van der Waals surface area contributed by atoms with E-state index in [2.05, 4.69) is 66.0 Å². The molecule has 1 fully saturated rings. The average Bonchev–Trinajstić information content (AvgIpc) is 2.62. The number of aromatic nitrogens is 1. The van der Waals surface area contributed by atoms with Gasteiger partial charge in [-0.2, -0.15) is 0 Å². The first-order valence-electron chi connectivity index (χ1n) is 9.64. The molecule has 1 aliphatic heterocycles. The van der Waals surface area contributed by atoms with Crippen LogP contribution in [0.2, 0.25) is 0 Å². The highest BCUT2D eigenvalue weighted by Gasteiger charge is 2.20. The summed E-state index contributed by atoms with van der Waals surface area (Å²) >= 11 is 0. The van der Waals surface area contributed by atoms with Crippen LogP contribution in [0.1, 0.15) is 27.8 Å². The van der Waals surface area contributed by atoms with Crippen LogP contribution in [-0.4, -0.2) is 53.4 Å². The van der Waals surface area contributed by atoms with E-state index in [1.54, 1.807) is 0 Å². The van der Waals surface area contributed by atoms with Crippen molar-refractivity contribution in [3.05, 3.63) is 58.4 Å². The van der Waals surface area contributed by atoms with Crippen molar-refractivity contribution in [2.45, 2.75) is 34.2 Å². The zero-order valence-corrected chi connectivity index (χ0v) is 16.9. The number of carbonyl (C=O) groups is 1. The first-order chi connectivity index (χ1) is 12.9. The lowest BCUT2D eigenvalue weighted by Gasteiger charge is -2.34. The van der Waals surface area contributed by atoms with Crippen LogP contribution in [0, 0.1) is 27.7 Å². The molecular formula is C22H30N4O. The maximum absolute atomic E-state index is 12.5. The van der Waals surface area contributed by atoms with Crippen LogP contribution >= 0.6 is 0 Å². The number of anilines is 1. The Morgan fingerprint density at radius 1 is 1.00 bits per heavy atom. The number of piperazine rings is 1. The number of amides is 1. The Labute approximate surface area is 162 Å². The number of nitrogens with one attached hydrogen (secondary N) is 1. The number of rotatable bonds is 5. The molecule has 0 bridgehead atoms. The van der Waals surface area contributed by atoms with Crippen LogP contribution in [0.4, 0.5) is 5.69 Å². The summed E-state index contributed by atoms with van der Waals surface area (Å²) in [5.41, 5.74) is 7.00. The van der Waals surface area contributed by atoms with Crippen molar-refractivity contribution in [2.24, 2.45) is 0 Å². The highest BCUT2D eigenvalue weighted by atomic mass is 16.2. The first kappa shape index (κ1) is 19.5. The van der Waals surface area contributed by atoms with Gasteiger partial charge in [0.15, 0.2) is 0 Å². The number of aryl methyl sites for hydroxylation is 4. The number of carbonyl (C=O) groups excluding carboxylic acids is 1. The minimum Gasteiger partial charge on any atom is -0.324 e. The van der Waals surface area contributed by atoms with Gasteiger partial charge in [0.05, 0.1) is 6.54 Å². The smallest absolute Gasteiger partial charge is 0.238 e. The SMILES string of the molecule is Cc1cc(C)c(NC(=O)CN2CCN(Cc3cnccc3C)CC2)c(C)c1. The molecule has 0 saturated carbocycles. The van der Waals surface area contributed by atoms with Crippen molar-refractivity contribution in [2.75, 3.05) is 38.0 Å². The Balaban J connectivity index is 1.49. The van der Waals surface area contributed by atoms with Crippen molar-refractivity contribution < 1.29 is 4.79 Å². The summed E-state index contributed by atoms with van der Waals surface area (Å²) in [4.78, 5) is 21.4. The lowest BCUT2D eigenvalue weighted by Crippen LogP contribution is -2.48. The normalized spacial score (nSPS) is 15.7. The zero-order valence-electron chi connectivity index (χ0n) is 16.9. The van der Waals surface area contributed by atoms with E-state index in [0.29, 0.717) is 6.54 Å². The number of benzene rings is 1. The van der Waals surface area contributed by atoms with Crippen LogP contribution < -0.4 is 5.32 Å². The van der Waals surface area contributed by atoms with Crippen LogP contribution in [0.25, 0.3) is 0 Å². The van der Waals surface area contributed by atoms with Gasteiger partial charge in [-0.05, 0) is 56.0 Å². The standard InChI is InChI=1S/C22H30N4O/c1-16-11-18(3)22(19(4)12-16)24-21(27)15-26-9-7-25(8-10-26)14-20-13-23-6-5-17(20)2/h5-6,11-13H,7-10,14-15H2,1-4H3,(H,24,27). The highest BCUT2D eigenvalue weighted by molar-refractivity contribution is 5.93. The first-order valence-corrected chi connectivity index (χ1v) is 9.64. The maximum Gasteiger partial charge on any atom is 0.238 e. The molecule has 1 amide bonds. The summed E-state index contributed by atoms with van der Waals surface area (Å²) in [7, 11) is 0. The molecule has 144 valence electrons. The molecule has 1 aromatic heterocycles. The van der Waals surface area contributed by atoms with E-state index >= 15 is 0 Å². The molecule has 5 nitrogen and oxygen atoms in total. The molecule has 0 spiro atoms. The highest BCUT2D eigenvalue weighted by Crippen LogP contribution is 2.22. The summed E-state index contributed by atoms with van der Waals surface area (Å²) in [5.74, 6) is 0.0709. The predicted molar refractivity (Wildman–Crippen MR) is 110 cm³/mol. The van der Waals surface area contributed by atoms with Gasteiger partial charge in [-0.15, -0.1) is 0 Å². The minimum atomic E-state index is 0.0709. The molecule has 5 heteroatoms. The van der Waals surface area contributed by atoms with Gasteiger partial charge in [0.2, 0.25) is 5.91 Å². The molecule has 1 aliphatic rings. The summed E-state index contributed by atoms with van der Waals surface area (Å²) in [6.45, 7) is 13.5. The Hall–Kier alpha value is -2.24. The van der Waals surface area contributed by atoms with E-state index in [1.807, 2.05) is 12.4 Å². The molecule has 2 heterocycles. The molecule has 0 atom stereocenters. The summed E-state index contributed by atoms with van der Waals surface area (Å²) < 4.78 is 0. The van der Waals surface area contributed by atoms with Crippen LogP contribution in [0.15, 0.2) is 30.6 Å². The fourth-order valence-corrected chi connectivity index (χ4v) is 3.77. The Morgan fingerprint density at radius 3 is 2.26 bits per heavy atom. The number of pyridine rings is 1. The van der Waals surface area contributed by atoms with E-state index in [-0.39, 0.29) is 5.91 Å². The van der Waals surface area contributed by atoms with E-state index in [1.165, 1.54) is 16.7 Å². The van der Waals surface area contributed by atoms with E-state index in [4.69, 9.17) is 0 Å². The van der Waals surface area contributed by atoms with Crippen molar-refractivity contribution in [3.8, 4) is 0 Å². The molecule has 0 aliphatic carbocycles. The Bertz CT molecular complexity index is 787. The summed E-state index contributed by atoms with van der Waals surface area (Å²) in [6.07, 6.45) is 3.80. The third kappa shape index (κ3) is 5.15. The Morgan fingerprint density at radius 2 is 1.63 bits per heavy atom. The average molecular weight is 367 g/mol. The quantitative estimate of drug-likeness (QED) is 0.883. The third-order valence-electron chi connectivity index (χ3n) is 5.32. The molecular weight excluding hydrogens is 336 g/mol. The van der Waals surface area contributed by atoms with Crippen LogP contribution in [0.3, 0.4) is 0 Å². The molecule has 3 rings (SSSR count). The number of hydrogen-bond acceptors (Lipinski definition) is 4. The summed E-state index contributed by atoms with van der Waals surface area (Å²) in [5, 5.41) is 3.11. The molecule has 1 saturated heterocycles. The zero-order chi connectivity index (χ0) is 19.4. The number of hydrogen-bond donors (Lipinski definition) is 1. The van der Waals surface area contributed by atoms with E-state index in [9.17, 15) is 4.79 Å². The number of nitrogens with zero attached hydrogens (tertiary/aromatic N) is 3. The lowest BCUT2D eigenvalue weighted by molar-refractivity contribution is -0.117. The van der Waals surface area contributed by atoms with E-state index < -0.39 is 0 Å². The van der Waals surface area contributed by atoms with Gasteiger partial charge >= 0.3 is 0 Å². The fourth-order valence-electron chi connectivity index (χ4n) is 3.77. The fraction of sp³-hybridized carbons (Fsp3) is 0.455. The molecule has 0 radical (unpaired) electrons. The van der Waals surface area contributed by atoms with Gasteiger partial charge in [0.25, 0.3) is 0 Å². The predicted octanol–water partition coefficient (Wildman–Crippen LogP) is 3.07. The maximum atomic E-state index is 12.5. The van der Waals surface area contributed by atoms with Crippen LogP contribution in [-0.2, 0) is 11.3 Å². The minimum absolute atomic E-state index is 0.0709. The second-order valence-electron chi connectivity index (χ2n) is 7.68. The van der Waals surface area contributed by atoms with Gasteiger partial charge in [0, 0.05) is 50.8 Å². The van der Waals surface area contributed by atoms with Gasteiger partial charge < -0.3 is 5.32 Å². The van der Waals surface area contributed by atoms with Gasteiger partial charge in [-0.3, -0.25) is 19.6 Å². The summed E-state index contributed by atoms with van der Waals surface area (Å²) in [6, 6.07) is 6.29. The third-order valence-corrected chi connectivity index (χ3v) is 5.32. The van der Waals surface area contributed by atoms with E-state index in [0.717, 1.165) is 49.5 Å². The Kier molecular flexibility index (Phi) is 6.24. The van der Waals surface area contributed by atoms with Crippen LogP contribution in [0.5, 0.6) is 0 Å². The van der Waals surface area contributed by atoms with Gasteiger partial charge in [0.1, 0.15) is 0 Å². The lowest BCUT2D eigenvalue weighted by atomic mass is 10.1. The molecule has 27 heavy (non-hydrogen) atoms. The largest absolute Gasteiger partial charge is 0.324 e. The molecule has 0 unspecified atom stereocenters. The topological polar surface area (TPSA) is 48.5 Å². The second kappa shape index (κ2) is 8.63. The second-order valence-corrected chi connectivity index (χ2v) is 7.68. The van der Waals surface area contributed by atoms with Crippen molar-refractivity contribution >= 4 is 11.6 Å². The molecule has 2 aromatic rings. The van der Waals surface area contributed by atoms with Gasteiger partial charge in [-0.25, -0.2) is 0 Å². The van der Waals surface area contributed by atoms with Gasteiger partial charge in [-0.1, -0.05) is 17.7 Å². The van der Waals surface area contributed by atoms with Crippen molar-refractivity contribution in [3.63, 3.8) is 0 Å². The van der Waals surface area contributed by atoms with Crippen molar-refractivity contribution in [1.82, 2.24) is 14.8 Å². The molecule has 1 N–H and O–H groups in total. The molecule has 1 aromatic carbocycles. The monoisotopic (exact) mass is 366 g/mol.